The number of benzene rings is 3. The molecule has 0 fully saturated rings. The maximum Gasteiger partial charge on any atom is 0.416 e. The Hall–Kier alpha value is -2.99. The highest BCUT2D eigenvalue weighted by atomic mass is 32.2. The van der Waals surface area contributed by atoms with E-state index in [-0.39, 0.29) is 0 Å². The fourth-order valence-electron chi connectivity index (χ4n) is 2.52. The van der Waals surface area contributed by atoms with E-state index in [4.69, 9.17) is 4.74 Å². The van der Waals surface area contributed by atoms with E-state index in [9.17, 15) is 13.2 Å². The minimum atomic E-state index is -4.36. The van der Waals surface area contributed by atoms with E-state index in [1.165, 1.54) is 17.8 Å². The quantitative estimate of drug-likeness (QED) is 0.316. The predicted octanol–water partition coefficient (Wildman–Crippen LogP) is 7.14. The maximum absolute atomic E-state index is 12.9. The number of para-hydroxylation sites is 1. The molecule has 0 N–H and O–H groups in total. The van der Waals surface area contributed by atoms with Gasteiger partial charge in [0.1, 0.15) is 5.75 Å². The van der Waals surface area contributed by atoms with Crippen LogP contribution in [-0.2, 0) is 6.18 Å². The third-order valence-corrected chi connectivity index (χ3v) is 4.78. The van der Waals surface area contributed by atoms with Crippen LogP contribution in [0.2, 0.25) is 0 Å². The summed E-state index contributed by atoms with van der Waals surface area (Å²) in [5, 5.41) is 1.74. The molecule has 3 rings (SSSR count). The third kappa shape index (κ3) is 5.99. The summed E-state index contributed by atoms with van der Waals surface area (Å²) in [4.78, 5) is 5.17. The number of methoxy groups -OCH3 is 1. The second kappa shape index (κ2) is 9.47. The smallest absolute Gasteiger partial charge is 0.416 e. The average molecular weight is 413 g/mol. The lowest BCUT2D eigenvalue weighted by Crippen LogP contribution is -2.04. The lowest BCUT2D eigenvalue weighted by molar-refractivity contribution is -0.137. The van der Waals surface area contributed by atoms with Gasteiger partial charge in [0, 0.05) is 10.5 Å². The molecule has 0 unspecified atom stereocenters. The van der Waals surface area contributed by atoms with Gasteiger partial charge < -0.3 is 4.74 Å². The van der Waals surface area contributed by atoms with Crippen LogP contribution in [0.25, 0.3) is 0 Å². The Kier molecular flexibility index (Phi) is 6.77. The molecule has 0 radical (unpaired) electrons. The van der Waals surface area contributed by atoms with Gasteiger partial charge >= 0.3 is 6.18 Å². The number of alkyl halides is 3. The number of nitrogens with zero attached hydrogens (tertiary/aromatic N) is 1. The SMILES string of the molecule is COc1ccc(C(C=CSc2cccc(C(F)(F)F)c2)=Nc2ccccc2)cc1. The molecule has 0 aliphatic rings. The molecule has 3 aromatic carbocycles. The number of ether oxygens (including phenoxy) is 1. The van der Waals surface area contributed by atoms with Crippen LogP contribution in [0.1, 0.15) is 11.1 Å². The molecule has 2 nitrogen and oxygen atoms in total. The van der Waals surface area contributed by atoms with Crippen molar-refractivity contribution >= 4 is 23.2 Å². The molecule has 148 valence electrons. The third-order valence-electron chi connectivity index (χ3n) is 3.98. The van der Waals surface area contributed by atoms with Gasteiger partial charge in [0.15, 0.2) is 0 Å². The summed E-state index contributed by atoms with van der Waals surface area (Å²) in [6.07, 6.45) is -2.57. The summed E-state index contributed by atoms with van der Waals surface area (Å²) in [6, 6.07) is 22.2. The molecular formula is C23H18F3NOS. The summed E-state index contributed by atoms with van der Waals surface area (Å²) in [7, 11) is 1.60. The molecule has 3 aromatic rings. The highest BCUT2D eigenvalue weighted by molar-refractivity contribution is 8.02. The zero-order chi connectivity index (χ0) is 20.7. The Labute approximate surface area is 171 Å². The van der Waals surface area contributed by atoms with Gasteiger partial charge in [0.25, 0.3) is 0 Å². The second-order valence-corrected chi connectivity index (χ2v) is 6.99. The number of hydrogen-bond donors (Lipinski definition) is 0. The minimum absolute atomic E-state index is 0.505. The van der Waals surface area contributed by atoms with Crippen molar-refractivity contribution in [1.82, 2.24) is 0 Å². The van der Waals surface area contributed by atoms with E-state index in [0.717, 1.165) is 29.1 Å². The van der Waals surface area contributed by atoms with Crippen LogP contribution in [0.15, 0.2) is 100 Å². The number of aliphatic imine (C=N–C) groups is 1. The molecule has 0 aliphatic carbocycles. The largest absolute Gasteiger partial charge is 0.497 e. The van der Waals surface area contributed by atoms with Crippen LogP contribution in [0.3, 0.4) is 0 Å². The normalized spacial score (nSPS) is 12.3. The summed E-state index contributed by atoms with van der Waals surface area (Å²) in [6.45, 7) is 0. The Bertz CT molecular complexity index is 997. The van der Waals surface area contributed by atoms with Crippen molar-refractivity contribution < 1.29 is 17.9 Å². The van der Waals surface area contributed by atoms with Crippen LogP contribution in [0.5, 0.6) is 5.75 Å². The highest BCUT2D eigenvalue weighted by Crippen LogP contribution is 2.32. The number of halogens is 3. The van der Waals surface area contributed by atoms with E-state index < -0.39 is 11.7 Å². The minimum Gasteiger partial charge on any atom is -0.497 e. The van der Waals surface area contributed by atoms with Crippen molar-refractivity contribution in [3.63, 3.8) is 0 Å². The van der Waals surface area contributed by atoms with Crippen molar-refractivity contribution in [2.45, 2.75) is 11.1 Å². The van der Waals surface area contributed by atoms with E-state index in [1.54, 1.807) is 24.7 Å². The Morgan fingerprint density at radius 2 is 1.66 bits per heavy atom. The lowest BCUT2D eigenvalue weighted by Gasteiger charge is -2.07. The van der Waals surface area contributed by atoms with Gasteiger partial charge in [0.2, 0.25) is 0 Å². The molecule has 0 aliphatic heterocycles. The fourth-order valence-corrected chi connectivity index (χ4v) is 3.23. The first kappa shape index (κ1) is 20.7. The molecule has 0 atom stereocenters. The molecule has 29 heavy (non-hydrogen) atoms. The fraction of sp³-hybridized carbons (Fsp3) is 0.0870. The summed E-state index contributed by atoms with van der Waals surface area (Å²) >= 11 is 1.21. The Balaban J connectivity index is 1.86. The molecule has 6 heteroatoms. The molecule has 0 spiro atoms. The second-order valence-electron chi connectivity index (χ2n) is 6.01. The molecule has 0 bridgehead atoms. The van der Waals surface area contributed by atoms with Crippen LogP contribution in [0.4, 0.5) is 18.9 Å². The predicted molar refractivity (Wildman–Crippen MR) is 112 cm³/mol. The zero-order valence-electron chi connectivity index (χ0n) is 15.6. The van der Waals surface area contributed by atoms with E-state index in [2.05, 4.69) is 4.99 Å². The average Bonchev–Trinajstić information content (AvgIpc) is 2.73. The molecule has 0 aromatic heterocycles. The van der Waals surface area contributed by atoms with Gasteiger partial charge in [-0.2, -0.15) is 13.2 Å². The number of allylic oxidation sites excluding steroid dienone is 1. The van der Waals surface area contributed by atoms with Crippen LogP contribution < -0.4 is 4.74 Å². The van der Waals surface area contributed by atoms with Crippen molar-refractivity contribution in [2.75, 3.05) is 7.11 Å². The first-order chi connectivity index (χ1) is 14.0. The van der Waals surface area contributed by atoms with Crippen molar-refractivity contribution in [3.8, 4) is 5.75 Å². The van der Waals surface area contributed by atoms with Gasteiger partial charge in [-0.25, -0.2) is 4.99 Å². The summed E-state index contributed by atoms with van der Waals surface area (Å²) < 4.78 is 43.9. The van der Waals surface area contributed by atoms with Crippen molar-refractivity contribution in [1.29, 1.82) is 0 Å². The van der Waals surface area contributed by atoms with Crippen LogP contribution in [0, 0.1) is 0 Å². The molecule has 0 amide bonds. The van der Waals surface area contributed by atoms with Gasteiger partial charge in [-0.15, -0.1) is 0 Å². The van der Waals surface area contributed by atoms with E-state index >= 15 is 0 Å². The zero-order valence-corrected chi connectivity index (χ0v) is 16.4. The highest BCUT2D eigenvalue weighted by Gasteiger charge is 2.30. The van der Waals surface area contributed by atoms with Gasteiger partial charge in [-0.1, -0.05) is 36.0 Å². The van der Waals surface area contributed by atoms with Crippen molar-refractivity contribution in [2.24, 2.45) is 4.99 Å². The summed E-state index contributed by atoms with van der Waals surface area (Å²) in [5.74, 6) is 0.732. The Morgan fingerprint density at radius 3 is 2.31 bits per heavy atom. The topological polar surface area (TPSA) is 21.6 Å². The number of thioether (sulfide) groups is 1. The van der Waals surface area contributed by atoms with Gasteiger partial charge in [-0.05, 0) is 66.1 Å². The van der Waals surface area contributed by atoms with Crippen LogP contribution in [-0.4, -0.2) is 12.8 Å². The van der Waals surface area contributed by atoms with Crippen molar-refractivity contribution in [3.05, 3.63) is 101 Å². The Morgan fingerprint density at radius 1 is 0.931 bits per heavy atom. The summed E-state index contributed by atoms with van der Waals surface area (Å²) in [5.41, 5.74) is 1.69. The number of hydrogen-bond acceptors (Lipinski definition) is 3. The molecule has 0 saturated carbocycles. The maximum atomic E-state index is 12.9. The number of rotatable bonds is 6. The standard InChI is InChI=1S/C23H18F3NOS/c1-28-20-12-10-17(11-13-20)22(27-19-7-3-2-4-8-19)14-15-29-21-9-5-6-18(16-21)23(24,25)26/h2-16H,1H3. The monoisotopic (exact) mass is 413 g/mol. The van der Waals surface area contributed by atoms with E-state index in [0.29, 0.717) is 10.6 Å². The molecular weight excluding hydrogens is 395 g/mol. The van der Waals surface area contributed by atoms with Gasteiger partial charge in [-0.3, -0.25) is 0 Å². The molecule has 0 saturated heterocycles. The first-order valence-corrected chi connectivity index (χ1v) is 9.62. The first-order valence-electron chi connectivity index (χ1n) is 8.74. The molecule has 0 heterocycles. The van der Waals surface area contributed by atoms with Crippen LogP contribution >= 0.6 is 11.8 Å². The van der Waals surface area contributed by atoms with Gasteiger partial charge in [0.05, 0.1) is 24.1 Å². The van der Waals surface area contributed by atoms with E-state index in [1.807, 2.05) is 54.6 Å². The lowest BCUT2D eigenvalue weighted by atomic mass is 10.1.